The van der Waals surface area contributed by atoms with Gasteiger partial charge < -0.3 is 15.0 Å². The average Bonchev–Trinajstić information content (AvgIpc) is 2.79. The molecule has 2 aromatic rings. The Morgan fingerprint density at radius 1 is 1.19 bits per heavy atom. The van der Waals surface area contributed by atoms with E-state index in [-0.39, 0.29) is 35.9 Å². The van der Waals surface area contributed by atoms with E-state index < -0.39 is 11.9 Å². The molecule has 1 N–H and O–H groups in total. The van der Waals surface area contributed by atoms with E-state index in [0.717, 1.165) is 12.0 Å². The fourth-order valence-electron chi connectivity index (χ4n) is 2.97. The second-order valence-electron chi connectivity index (χ2n) is 7.56. The van der Waals surface area contributed by atoms with Crippen LogP contribution in [0.5, 0.6) is 5.75 Å². The Morgan fingerprint density at radius 3 is 2.47 bits per heavy atom. The molecule has 0 bridgehead atoms. The Balaban J connectivity index is 2.12. The molecule has 0 saturated heterocycles. The van der Waals surface area contributed by atoms with Gasteiger partial charge in [0.1, 0.15) is 17.6 Å². The zero-order chi connectivity index (χ0) is 23.7. The summed E-state index contributed by atoms with van der Waals surface area (Å²) in [4.78, 5) is 27.4. The molecule has 0 saturated carbocycles. The van der Waals surface area contributed by atoms with E-state index in [4.69, 9.17) is 16.3 Å². The number of nitrogens with one attached hydrogen (secondary N) is 1. The van der Waals surface area contributed by atoms with Gasteiger partial charge in [-0.25, -0.2) is 4.39 Å². The Morgan fingerprint density at radius 2 is 1.88 bits per heavy atom. The third-order valence-electron chi connectivity index (χ3n) is 5.21. The minimum atomic E-state index is -0.656. The molecule has 5 nitrogen and oxygen atoms in total. The van der Waals surface area contributed by atoms with Gasteiger partial charge in [-0.15, -0.1) is 11.8 Å². The molecule has 0 radical (unpaired) electrons. The number of nitrogens with zero attached hydrogens (tertiary/aromatic N) is 1. The third-order valence-corrected chi connectivity index (χ3v) is 6.51. The van der Waals surface area contributed by atoms with Crippen LogP contribution < -0.4 is 10.1 Å². The van der Waals surface area contributed by atoms with Crippen LogP contribution in [0.1, 0.15) is 38.3 Å². The molecule has 32 heavy (non-hydrogen) atoms. The van der Waals surface area contributed by atoms with Crippen LogP contribution in [0.15, 0.2) is 42.5 Å². The van der Waals surface area contributed by atoms with Crippen LogP contribution >= 0.6 is 23.4 Å². The lowest BCUT2D eigenvalue weighted by Gasteiger charge is -2.29. The summed E-state index contributed by atoms with van der Waals surface area (Å²) in [5.41, 5.74) is 1.25. The molecule has 0 unspecified atom stereocenters. The van der Waals surface area contributed by atoms with Crippen LogP contribution in [0.3, 0.4) is 0 Å². The second-order valence-corrected chi connectivity index (χ2v) is 8.95. The molecule has 0 aliphatic carbocycles. The first-order valence-corrected chi connectivity index (χ1v) is 12.0. The summed E-state index contributed by atoms with van der Waals surface area (Å²) < 4.78 is 19.2. The van der Waals surface area contributed by atoms with Crippen molar-refractivity contribution in [3.63, 3.8) is 0 Å². The molecular formula is C24H30ClFN2O3S. The third kappa shape index (κ3) is 7.41. The van der Waals surface area contributed by atoms with E-state index in [9.17, 15) is 14.0 Å². The molecule has 2 rings (SSSR count). The fourth-order valence-corrected chi connectivity index (χ4v) is 4.22. The molecule has 8 heteroatoms. The van der Waals surface area contributed by atoms with Gasteiger partial charge in [-0.05, 0) is 50.1 Å². The summed E-state index contributed by atoms with van der Waals surface area (Å²) in [7, 11) is 1.59. The molecule has 0 fully saturated rings. The van der Waals surface area contributed by atoms with Crippen molar-refractivity contribution in [1.82, 2.24) is 10.2 Å². The van der Waals surface area contributed by atoms with Crippen molar-refractivity contribution in [3.8, 4) is 5.75 Å². The topological polar surface area (TPSA) is 58.6 Å². The Hall–Kier alpha value is -2.25. The van der Waals surface area contributed by atoms with E-state index >= 15 is 0 Å². The molecule has 2 atom stereocenters. The number of amides is 2. The highest BCUT2D eigenvalue weighted by atomic mass is 35.5. The Kier molecular flexibility index (Phi) is 10.3. The van der Waals surface area contributed by atoms with E-state index in [0.29, 0.717) is 16.3 Å². The van der Waals surface area contributed by atoms with Crippen LogP contribution in [0, 0.1) is 5.82 Å². The molecular weight excluding hydrogens is 451 g/mol. The van der Waals surface area contributed by atoms with Crippen molar-refractivity contribution in [2.24, 2.45) is 0 Å². The highest BCUT2D eigenvalue weighted by Gasteiger charge is 2.26. The number of carbonyl (C=O) groups excluding carboxylic acids is 2. The largest absolute Gasteiger partial charge is 0.497 e. The first-order chi connectivity index (χ1) is 15.3. The van der Waals surface area contributed by atoms with Crippen LogP contribution in [-0.4, -0.2) is 41.7 Å². The zero-order valence-electron chi connectivity index (χ0n) is 18.9. The number of hydrogen-bond acceptors (Lipinski definition) is 4. The van der Waals surface area contributed by atoms with Crippen LogP contribution in [0.4, 0.5) is 4.39 Å². The van der Waals surface area contributed by atoms with Crippen LogP contribution in [0.2, 0.25) is 5.02 Å². The van der Waals surface area contributed by atoms with Gasteiger partial charge in [0.05, 0.1) is 12.9 Å². The number of carbonyl (C=O) groups is 2. The van der Waals surface area contributed by atoms with Gasteiger partial charge in [0.25, 0.3) is 0 Å². The lowest BCUT2D eigenvalue weighted by molar-refractivity contribution is -0.138. The fraction of sp³-hybridized carbons (Fsp3) is 0.417. The summed E-state index contributed by atoms with van der Waals surface area (Å²) in [6.07, 6.45) is 0.796. The van der Waals surface area contributed by atoms with Gasteiger partial charge in [0.15, 0.2) is 0 Å². The minimum Gasteiger partial charge on any atom is -0.497 e. The first-order valence-electron chi connectivity index (χ1n) is 10.5. The van der Waals surface area contributed by atoms with Crippen LogP contribution in [-0.2, 0) is 21.9 Å². The molecule has 0 spiro atoms. The van der Waals surface area contributed by atoms with Crippen molar-refractivity contribution in [3.05, 3.63) is 64.4 Å². The van der Waals surface area contributed by atoms with Crippen molar-refractivity contribution in [2.75, 3.05) is 12.9 Å². The average molecular weight is 481 g/mol. The normalized spacial score (nSPS) is 12.7. The summed E-state index contributed by atoms with van der Waals surface area (Å²) in [5, 5.41) is 3.27. The van der Waals surface area contributed by atoms with Crippen molar-refractivity contribution in [1.29, 1.82) is 0 Å². The van der Waals surface area contributed by atoms with E-state index in [1.54, 1.807) is 31.1 Å². The molecule has 0 aromatic heterocycles. The monoisotopic (exact) mass is 480 g/mol. The maximum absolute atomic E-state index is 14.0. The molecule has 174 valence electrons. The number of benzene rings is 2. The number of hydrogen-bond donors (Lipinski definition) is 1. The van der Waals surface area contributed by atoms with Gasteiger partial charge >= 0.3 is 0 Å². The van der Waals surface area contributed by atoms with E-state index in [1.165, 1.54) is 17.8 Å². The maximum Gasteiger partial charge on any atom is 0.242 e. The van der Waals surface area contributed by atoms with E-state index in [2.05, 4.69) is 5.32 Å². The van der Waals surface area contributed by atoms with Crippen LogP contribution in [0.25, 0.3) is 0 Å². The minimum absolute atomic E-state index is 0.0143. The molecule has 2 aromatic carbocycles. The zero-order valence-corrected chi connectivity index (χ0v) is 20.4. The molecule has 0 aliphatic heterocycles. The summed E-state index contributed by atoms with van der Waals surface area (Å²) in [5.74, 6) is 0.275. The maximum atomic E-state index is 14.0. The highest BCUT2D eigenvalue weighted by Crippen LogP contribution is 2.24. The van der Waals surface area contributed by atoms with Gasteiger partial charge in [0.2, 0.25) is 11.8 Å². The molecule has 2 amide bonds. The van der Waals surface area contributed by atoms with Crippen molar-refractivity contribution in [2.45, 2.75) is 51.6 Å². The van der Waals surface area contributed by atoms with Crippen molar-refractivity contribution >= 4 is 35.2 Å². The molecule has 0 aliphatic rings. The highest BCUT2D eigenvalue weighted by molar-refractivity contribution is 7.99. The van der Waals surface area contributed by atoms with Gasteiger partial charge in [-0.1, -0.05) is 36.7 Å². The Labute approximate surface area is 198 Å². The predicted octanol–water partition coefficient (Wildman–Crippen LogP) is 5.05. The summed E-state index contributed by atoms with van der Waals surface area (Å²) in [6.45, 7) is 5.91. The first kappa shape index (κ1) is 26.0. The van der Waals surface area contributed by atoms with Gasteiger partial charge in [0, 0.05) is 28.9 Å². The lowest BCUT2D eigenvalue weighted by Crippen LogP contribution is -2.50. The Bertz CT molecular complexity index is 890. The predicted molar refractivity (Wildman–Crippen MR) is 128 cm³/mol. The molecule has 0 heterocycles. The lowest BCUT2D eigenvalue weighted by atomic mass is 10.1. The number of methoxy groups -OCH3 is 1. The number of rotatable bonds is 11. The number of ether oxygens (including phenoxy) is 1. The smallest absolute Gasteiger partial charge is 0.242 e. The standard InChI is InChI=1S/C24H30ClFN2O3S/c1-5-16(2)27-24(30)17(3)28(13-18-9-11-19(31-4)12-10-18)23(29)15-32-14-20-21(25)7-6-8-22(20)26/h6-12,16-17H,5,13-15H2,1-4H3,(H,27,30)/t16-,17+/m1/s1. The number of thioether (sulfide) groups is 1. The van der Waals surface area contributed by atoms with Crippen molar-refractivity contribution < 1.29 is 18.7 Å². The summed E-state index contributed by atoms with van der Waals surface area (Å²) >= 11 is 7.35. The number of halogens is 2. The summed E-state index contributed by atoms with van der Waals surface area (Å²) in [6, 6.07) is 11.2. The quantitative estimate of drug-likeness (QED) is 0.488. The van der Waals surface area contributed by atoms with E-state index in [1.807, 2.05) is 38.1 Å². The van der Waals surface area contributed by atoms with Gasteiger partial charge in [-0.2, -0.15) is 0 Å². The van der Waals surface area contributed by atoms with Gasteiger partial charge in [-0.3, -0.25) is 9.59 Å². The second kappa shape index (κ2) is 12.7. The SMILES string of the molecule is CC[C@@H](C)NC(=O)[C@H](C)N(Cc1ccc(OC)cc1)C(=O)CSCc1c(F)cccc1Cl.